The molecule has 2 saturated heterocycles. The molecule has 5 rings (SSSR count). The smallest absolute Gasteiger partial charge is 0.414 e. The molecule has 0 bridgehead atoms. The van der Waals surface area contributed by atoms with E-state index in [0.29, 0.717) is 35.9 Å². The van der Waals surface area contributed by atoms with Crippen molar-refractivity contribution in [1.29, 1.82) is 0 Å². The van der Waals surface area contributed by atoms with Crippen molar-refractivity contribution in [2.75, 3.05) is 40.9 Å². The van der Waals surface area contributed by atoms with Gasteiger partial charge in [0.2, 0.25) is 5.95 Å². The maximum absolute atomic E-state index is 14.9. The summed E-state index contributed by atoms with van der Waals surface area (Å²) < 4.78 is 21.9. The molecule has 4 heterocycles. The van der Waals surface area contributed by atoms with Crippen molar-refractivity contribution >= 4 is 29.5 Å². The van der Waals surface area contributed by atoms with Gasteiger partial charge in [0.25, 0.3) is 0 Å². The number of thioether (sulfide) groups is 1. The van der Waals surface area contributed by atoms with Crippen molar-refractivity contribution in [1.82, 2.24) is 25.0 Å². The summed E-state index contributed by atoms with van der Waals surface area (Å²) >= 11 is 1.92. The van der Waals surface area contributed by atoms with Gasteiger partial charge < -0.3 is 9.64 Å². The van der Waals surface area contributed by atoms with Crippen molar-refractivity contribution < 1.29 is 13.9 Å². The molecule has 2 aromatic heterocycles. The molecule has 31 heavy (non-hydrogen) atoms. The molecule has 0 saturated carbocycles. The molecule has 0 spiro atoms. The number of rotatable bonds is 5. The number of amides is 1. The predicted molar refractivity (Wildman–Crippen MR) is 115 cm³/mol. The maximum atomic E-state index is 14.9. The number of ether oxygens (including phenoxy) is 1. The van der Waals surface area contributed by atoms with Gasteiger partial charge in [-0.3, -0.25) is 4.90 Å². The van der Waals surface area contributed by atoms with E-state index >= 15 is 0 Å². The molecule has 9 nitrogen and oxygen atoms in total. The SMILES string of the molecule is O=C1O[C@@H](Cn2ccnn2)CN1c1ccc(-c2cnc(N3CCSCC3)nc2)c(F)c1. The second kappa shape index (κ2) is 8.50. The quantitative estimate of drug-likeness (QED) is 0.597. The number of halogens is 1. The Bertz CT molecular complexity index is 1060. The molecule has 2 fully saturated rings. The zero-order valence-electron chi connectivity index (χ0n) is 16.6. The van der Waals surface area contributed by atoms with E-state index in [0.717, 1.165) is 24.6 Å². The lowest BCUT2D eigenvalue weighted by Gasteiger charge is -2.26. The lowest BCUT2D eigenvalue weighted by atomic mass is 10.1. The van der Waals surface area contributed by atoms with Crippen LogP contribution >= 0.6 is 11.8 Å². The third-order valence-corrected chi connectivity index (χ3v) is 6.19. The van der Waals surface area contributed by atoms with Gasteiger partial charge in [0.05, 0.1) is 25.0 Å². The van der Waals surface area contributed by atoms with Crippen LogP contribution in [0, 0.1) is 5.82 Å². The van der Waals surface area contributed by atoms with Crippen LogP contribution in [0.5, 0.6) is 0 Å². The Hall–Kier alpha value is -3.21. The molecule has 0 aliphatic carbocycles. The van der Waals surface area contributed by atoms with E-state index in [4.69, 9.17) is 4.74 Å². The number of hydrogen-bond acceptors (Lipinski definition) is 8. The van der Waals surface area contributed by atoms with Crippen LogP contribution < -0.4 is 9.80 Å². The Balaban J connectivity index is 1.30. The second-order valence-electron chi connectivity index (χ2n) is 7.28. The van der Waals surface area contributed by atoms with E-state index in [2.05, 4.69) is 25.2 Å². The molecule has 2 aliphatic rings. The molecule has 0 unspecified atom stereocenters. The summed E-state index contributed by atoms with van der Waals surface area (Å²) in [5, 5.41) is 7.62. The lowest BCUT2D eigenvalue weighted by molar-refractivity contribution is 0.129. The number of hydrogen-bond donors (Lipinski definition) is 0. The average Bonchev–Trinajstić information content (AvgIpc) is 3.44. The molecule has 0 radical (unpaired) electrons. The van der Waals surface area contributed by atoms with Gasteiger partial charge in [0.15, 0.2) is 0 Å². The fourth-order valence-corrected chi connectivity index (χ4v) is 4.56. The van der Waals surface area contributed by atoms with Crippen LogP contribution in [-0.2, 0) is 11.3 Å². The summed E-state index contributed by atoms with van der Waals surface area (Å²) in [6.07, 6.45) is 5.64. The minimum absolute atomic E-state index is 0.309. The minimum atomic E-state index is -0.510. The zero-order valence-corrected chi connectivity index (χ0v) is 17.4. The summed E-state index contributed by atoms with van der Waals surface area (Å²) in [5.41, 5.74) is 1.42. The highest BCUT2D eigenvalue weighted by Gasteiger charge is 2.33. The summed E-state index contributed by atoms with van der Waals surface area (Å²) in [4.78, 5) is 24.7. The monoisotopic (exact) mass is 441 g/mol. The van der Waals surface area contributed by atoms with Crippen LogP contribution in [0.2, 0.25) is 0 Å². The molecule has 3 aromatic rings. The van der Waals surface area contributed by atoms with E-state index in [1.165, 1.54) is 11.0 Å². The van der Waals surface area contributed by atoms with Gasteiger partial charge >= 0.3 is 6.09 Å². The standard InChI is InChI=1S/C20H20FN7O2S/c21-18-9-15(28-13-16(30-20(28)29)12-27-4-3-24-25-27)1-2-17(18)14-10-22-19(23-11-14)26-5-7-31-8-6-26/h1-4,9-11,16H,5-8,12-13H2/t16-/m0/s1. The van der Waals surface area contributed by atoms with Gasteiger partial charge in [-0.25, -0.2) is 23.8 Å². The second-order valence-corrected chi connectivity index (χ2v) is 8.50. The molecule has 160 valence electrons. The third kappa shape index (κ3) is 4.18. The van der Waals surface area contributed by atoms with Crippen LogP contribution in [0.25, 0.3) is 11.1 Å². The van der Waals surface area contributed by atoms with Gasteiger partial charge in [-0.1, -0.05) is 5.21 Å². The topological polar surface area (TPSA) is 89.3 Å². The van der Waals surface area contributed by atoms with E-state index in [1.54, 1.807) is 41.6 Å². The van der Waals surface area contributed by atoms with Crippen LogP contribution in [0.4, 0.5) is 20.8 Å². The summed E-state index contributed by atoms with van der Waals surface area (Å²) in [7, 11) is 0. The van der Waals surface area contributed by atoms with Crippen LogP contribution in [-0.4, -0.2) is 68.3 Å². The van der Waals surface area contributed by atoms with Gasteiger partial charge in [-0.15, -0.1) is 5.10 Å². The van der Waals surface area contributed by atoms with Crippen LogP contribution in [0.3, 0.4) is 0 Å². The molecular weight excluding hydrogens is 421 g/mol. The number of nitrogens with zero attached hydrogens (tertiary/aromatic N) is 7. The highest BCUT2D eigenvalue weighted by molar-refractivity contribution is 7.99. The molecule has 2 aliphatic heterocycles. The van der Waals surface area contributed by atoms with Crippen LogP contribution in [0.1, 0.15) is 0 Å². The molecular formula is C20H20FN7O2S. The van der Waals surface area contributed by atoms with Gasteiger partial charge in [-0.2, -0.15) is 11.8 Å². The largest absolute Gasteiger partial charge is 0.442 e. The molecule has 1 amide bonds. The molecule has 1 atom stereocenters. The Morgan fingerprint density at radius 3 is 2.71 bits per heavy atom. The Kier molecular flexibility index (Phi) is 5.41. The van der Waals surface area contributed by atoms with Crippen molar-refractivity contribution in [3.05, 3.63) is 48.8 Å². The maximum Gasteiger partial charge on any atom is 0.414 e. The van der Waals surface area contributed by atoms with Gasteiger partial charge in [0, 0.05) is 54.3 Å². The Morgan fingerprint density at radius 2 is 2.00 bits per heavy atom. The fourth-order valence-electron chi connectivity index (χ4n) is 3.66. The first kappa shape index (κ1) is 19.7. The first-order chi connectivity index (χ1) is 15.2. The Morgan fingerprint density at radius 1 is 1.19 bits per heavy atom. The first-order valence-electron chi connectivity index (χ1n) is 9.94. The van der Waals surface area contributed by atoms with Crippen molar-refractivity contribution in [2.45, 2.75) is 12.6 Å². The van der Waals surface area contributed by atoms with Crippen molar-refractivity contribution in [2.24, 2.45) is 0 Å². The zero-order chi connectivity index (χ0) is 21.2. The molecule has 11 heteroatoms. The number of carbonyl (C=O) groups is 1. The third-order valence-electron chi connectivity index (χ3n) is 5.24. The average molecular weight is 441 g/mol. The molecule has 0 N–H and O–H groups in total. The number of cyclic esters (lactones) is 1. The number of carbonyl (C=O) groups excluding carboxylic acids is 1. The van der Waals surface area contributed by atoms with E-state index < -0.39 is 11.9 Å². The number of aromatic nitrogens is 5. The summed E-state index contributed by atoms with van der Waals surface area (Å²) in [5.74, 6) is 2.33. The summed E-state index contributed by atoms with van der Waals surface area (Å²) in [6.45, 7) is 2.53. The van der Waals surface area contributed by atoms with Gasteiger partial charge in [0.1, 0.15) is 11.9 Å². The first-order valence-corrected chi connectivity index (χ1v) is 11.1. The number of anilines is 2. The van der Waals surface area contributed by atoms with Gasteiger partial charge in [-0.05, 0) is 18.2 Å². The molecule has 1 aromatic carbocycles. The van der Waals surface area contributed by atoms with Crippen molar-refractivity contribution in [3.8, 4) is 11.1 Å². The fraction of sp³-hybridized carbons (Fsp3) is 0.350. The highest BCUT2D eigenvalue weighted by Crippen LogP contribution is 2.29. The van der Waals surface area contributed by atoms with Crippen molar-refractivity contribution in [3.63, 3.8) is 0 Å². The van der Waals surface area contributed by atoms with Crippen LogP contribution in [0.15, 0.2) is 43.0 Å². The van der Waals surface area contributed by atoms with E-state index in [1.807, 2.05) is 11.8 Å². The predicted octanol–water partition coefficient (Wildman–Crippen LogP) is 2.45. The summed E-state index contributed by atoms with van der Waals surface area (Å²) in [6, 6.07) is 4.68. The number of benzene rings is 1. The minimum Gasteiger partial charge on any atom is -0.442 e. The van der Waals surface area contributed by atoms with E-state index in [-0.39, 0.29) is 6.10 Å². The normalized spacial score (nSPS) is 19.0. The highest BCUT2D eigenvalue weighted by atomic mass is 32.2. The Labute approximate surface area is 182 Å². The van der Waals surface area contributed by atoms with E-state index in [9.17, 15) is 9.18 Å². The lowest BCUT2D eigenvalue weighted by Crippen LogP contribution is -2.33.